The van der Waals surface area contributed by atoms with Crippen molar-refractivity contribution in [2.75, 3.05) is 14.1 Å². The number of likely N-dealkylation sites (N-methyl/N-ethyl adjacent to an activating group) is 2. The van der Waals surface area contributed by atoms with Crippen LogP contribution in [0.15, 0.2) is 30.3 Å². The molecule has 112 valence electrons. The number of benzene rings is 1. The minimum Gasteiger partial charge on any atom is -0.312 e. The van der Waals surface area contributed by atoms with E-state index in [1.54, 1.807) is 0 Å². The molecule has 0 spiro atoms. The summed E-state index contributed by atoms with van der Waals surface area (Å²) in [6.45, 7) is 4.78. The summed E-state index contributed by atoms with van der Waals surface area (Å²) in [6.07, 6.45) is 5.54. The van der Waals surface area contributed by atoms with Crippen LogP contribution < -0.4 is 5.32 Å². The van der Waals surface area contributed by atoms with Crippen LogP contribution in [-0.4, -0.2) is 31.1 Å². The van der Waals surface area contributed by atoms with Gasteiger partial charge in [-0.2, -0.15) is 0 Å². The maximum absolute atomic E-state index is 3.51. The monoisotopic (exact) mass is 274 g/mol. The lowest BCUT2D eigenvalue weighted by molar-refractivity contribution is 0.0861. The van der Waals surface area contributed by atoms with Crippen molar-refractivity contribution < 1.29 is 0 Å². The normalized spacial score (nSPS) is 26.4. The highest BCUT2D eigenvalue weighted by Crippen LogP contribution is 2.31. The molecule has 1 aromatic rings. The van der Waals surface area contributed by atoms with E-state index in [0.717, 1.165) is 12.0 Å². The summed E-state index contributed by atoms with van der Waals surface area (Å²) in [5.74, 6) is 0.824. The van der Waals surface area contributed by atoms with E-state index in [1.165, 1.54) is 31.2 Å². The Morgan fingerprint density at radius 1 is 1.15 bits per heavy atom. The molecule has 0 aromatic heterocycles. The first-order valence-electron chi connectivity index (χ1n) is 8.09. The zero-order chi connectivity index (χ0) is 14.5. The lowest BCUT2D eigenvalue weighted by Crippen LogP contribution is -2.48. The van der Waals surface area contributed by atoms with Gasteiger partial charge in [0.15, 0.2) is 0 Å². The molecule has 0 aliphatic heterocycles. The van der Waals surface area contributed by atoms with E-state index in [9.17, 15) is 0 Å². The second-order valence-corrected chi connectivity index (χ2v) is 6.41. The molecule has 4 atom stereocenters. The van der Waals surface area contributed by atoms with Crippen molar-refractivity contribution in [3.05, 3.63) is 35.9 Å². The number of nitrogens with one attached hydrogen (secondary N) is 1. The third-order valence-corrected chi connectivity index (χ3v) is 5.18. The summed E-state index contributed by atoms with van der Waals surface area (Å²) in [6, 6.07) is 12.5. The summed E-state index contributed by atoms with van der Waals surface area (Å²) in [5.41, 5.74) is 1.39. The quantitative estimate of drug-likeness (QED) is 0.877. The smallest absolute Gasteiger partial charge is 0.0473 e. The Bertz CT molecular complexity index is 390. The molecule has 1 N–H and O–H groups in total. The summed E-state index contributed by atoms with van der Waals surface area (Å²) < 4.78 is 0. The van der Waals surface area contributed by atoms with Gasteiger partial charge in [-0.3, -0.25) is 4.90 Å². The van der Waals surface area contributed by atoms with Crippen LogP contribution in [0.4, 0.5) is 0 Å². The lowest BCUT2D eigenvalue weighted by atomic mass is 9.84. The Kier molecular flexibility index (Phi) is 5.62. The molecule has 0 bridgehead atoms. The number of nitrogens with zero attached hydrogens (tertiary/aromatic N) is 1. The Balaban J connectivity index is 2.09. The fourth-order valence-electron chi connectivity index (χ4n) is 3.79. The van der Waals surface area contributed by atoms with E-state index in [-0.39, 0.29) is 0 Å². The highest BCUT2D eigenvalue weighted by Gasteiger charge is 2.30. The van der Waals surface area contributed by atoms with Gasteiger partial charge in [0, 0.05) is 18.1 Å². The van der Waals surface area contributed by atoms with Gasteiger partial charge in [0.05, 0.1) is 0 Å². The van der Waals surface area contributed by atoms with Gasteiger partial charge in [-0.05, 0) is 45.3 Å². The van der Waals surface area contributed by atoms with Crippen LogP contribution in [0.5, 0.6) is 0 Å². The third kappa shape index (κ3) is 3.42. The van der Waals surface area contributed by atoms with Gasteiger partial charge in [-0.1, -0.05) is 50.1 Å². The molecule has 1 aromatic carbocycles. The maximum Gasteiger partial charge on any atom is 0.0473 e. The van der Waals surface area contributed by atoms with Crippen LogP contribution in [0.3, 0.4) is 0 Å². The molecular weight excluding hydrogens is 244 g/mol. The predicted molar refractivity (Wildman–Crippen MR) is 86.9 cm³/mol. The van der Waals surface area contributed by atoms with Crippen molar-refractivity contribution >= 4 is 0 Å². The summed E-state index contributed by atoms with van der Waals surface area (Å²) in [7, 11) is 4.39. The molecule has 0 saturated heterocycles. The first-order valence-corrected chi connectivity index (χ1v) is 8.09. The molecular formula is C18H30N2. The van der Waals surface area contributed by atoms with Crippen LogP contribution in [0.1, 0.15) is 51.1 Å². The SMILES string of the molecule is CNC(c1ccccc1)C(C)N(C)C1CCCCC1C. The first kappa shape index (κ1) is 15.5. The second kappa shape index (κ2) is 7.24. The second-order valence-electron chi connectivity index (χ2n) is 6.41. The number of hydrogen-bond acceptors (Lipinski definition) is 2. The van der Waals surface area contributed by atoms with Crippen LogP contribution in [0.25, 0.3) is 0 Å². The van der Waals surface area contributed by atoms with Crippen molar-refractivity contribution in [1.29, 1.82) is 0 Å². The zero-order valence-corrected chi connectivity index (χ0v) is 13.5. The van der Waals surface area contributed by atoms with Crippen LogP contribution >= 0.6 is 0 Å². The molecule has 0 amide bonds. The number of rotatable bonds is 5. The van der Waals surface area contributed by atoms with Gasteiger partial charge in [-0.25, -0.2) is 0 Å². The minimum absolute atomic E-state index is 0.398. The van der Waals surface area contributed by atoms with Gasteiger partial charge in [0.2, 0.25) is 0 Å². The largest absolute Gasteiger partial charge is 0.312 e. The van der Waals surface area contributed by atoms with E-state index >= 15 is 0 Å². The van der Waals surface area contributed by atoms with Crippen molar-refractivity contribution in [3.8, 4) is 0 Å². The predicted octanol–water partition coefficient (Wildman–Crippen LogP) is 3.85. The number of hydrogen-bond donors (Lipinski definition) is 1. The van der Waals surface area contributed by atoms with Gasteiger partial charge < -0.3 is 5.32 Å². The third-order valence-electron chi connectivity index (χ3n) is 5.18. The van der Waals surface area contributed by atoms with E-state index in [4.69, 9.17) is 0 Å². The van der Waals surface area contributed by atoms with Crippen molar-refractivity contribution in [2.24, 2.45) is 5.92 Å². The molecule has 20 heavy (non-hydrogen) atoms. The van der Waals surface area contributed by atoms with E-state index in [0.29, 0.717) is 12.1 Å². The molecule has 2 nitrogen and oxygen atoms in total. The molecule has 1 fully saturated rings. The molecule has 2 heteroatoms. The molecule has 1 aliphatic rings. The Hall–Kier alpha value is -0.860. The summed E-state index contributed by atoms with van der Waals surface area (Å²) in [4.78, 5) is 2.61. The minimum atomic E-state index is 0.398. The highest BCUT2D eigenvalue weighted by molar-refractivity contribution is 5.20. The summed E-state index contributed by atoms with van der Waals surface area (Å²) >= 11 is 0. The molecule has 0 radical (unpaired) electrons. The lowest BCUT2D eigenvalue weighted by Gasteiger charge is -2.42. The van der Waals surface area contributed by atoms with Crippen molar-refractivity contribution in [2.45, 2.75) is 57.7 Å². The topological polar surface area (TPSA) is 15.3 Å². The molecule has 4 unspecified atom stereocenters. The van der Waals surface area contributed by atoms with Crippen molar-refractivity contribution in [3.63, 3.8) is 0 Å². The maximum atomic E-state index is 3.51. The van der Waals surface area contributed by atoms with E-state index in [1.807, 2.05) is 0 Å². The van der Waals surface area contributed by atoms with Gasteiger partial charge in [-0.15, -0.1) is 0 Å². The Labute approximate surface area is 124 Å². The average Bonchev–Trinajstić information content (AvgIpc) is 2.49. The van der Waals surface area contributed by atoms with Gasteiger partial charge >= 0.3 is 0 Å². The van der Waals surface area contributed by atoms with Gasteiger partial charge in [0.25, 0.3) is 0 Å². The molecule has 2 rings (SSSR count). The van der Waals surface area contributed by atoms with Crippen LogP contribution in [0.2, 0.25) is 0 Å². The van der Waals surface area contributed by atoms with Crippen LogP contribution in [-0.2, 0) is 0 Å². The summed E-state index contributed by atoms with van der Waals surface area (Å²) in [5, 5.41) is 3.51. The van der Waals surface area contributed by atoms with Gasteiger partial charge in [0.1, 0.15) is 0 Å². The fraction of sp³-hybridized carbons (Fsp3) is 0.667. The van der Waals surface area contributed by atoms with E-state index < -0.39 is 0 Å². The first-order chi connectivity index (χ1) is 9.65. The average molecular weight is 274 g/mol. The zero-order valence-electron chi connectivity index (χ0n) is 13.5. The molecule has 1 aliphatic carbocycles. The van der Waals surface area contributed by atoms with Crippen LogP contribution in [0, 0.1) is 5.92 Å². The van der Waals surface area contributed by atoms with E-state index in [2.05, 4.69) is 68.5 Å². The van der Waals surface area contributed by atoms with Crippen molar-refractivity contribution in [1.82, 2.24) is 10.2 Å². The molecule has 1 saturated carbocycles. The standard InChI is InChI=1S/C18H30N2/c1-14-10-8-9-13-17(14)20(4)15(2)18(19-3)16-11-6-5-7-12-16/h5-7,11-12,14-15,17-19H,8-10,13H2,1-4H3. The Morgan fingerprint density at radius 3 is 2.40 bits per heavy atom. The highest BCUT2D eigenvalue weighted by atomic mass is 15.2. The Morgan fingerprint density at radius 2 is 1.80 bits per heavy atom. The fourth-order valence-corrected chi connectivity index (χ4v) is 3.79. The molecule has 0 heterocycles.